The van der Waals surface area contributed by atoms with Crippen molar-refractivity contribution < 1.29 is 33.5 Å². The van der Waals surface area contributed by atoms with Crippen LogP contribution in [0.3, 0.4) is 0 Å². The van der Waals surface area contributed by atoms with Gasteiger partial charge in [-0.15, -0.1) is 0 Å². The first kappa shape index (κ1) is 38.1. The number of hydrogen-bond acceptors (Lipinski definition) is 7. The lowest BCUT2D eigenvalue weighted by molar-refractivity contribution is -0.609. The highest BCUT2D eigenvalue weighted by Gasteiger charge is 2.64. The predicted molar refractivity (Wildman–Crippen MR) is 192 cm³/mol. The zero-order valence-corrected chi connectivity index (χ0v) is 30.9. The van der Waals surface area contributed by atoms with E-state index in [2.05, 4.69) is 41.2 Å². The summed E-state index contributed by atoms with van der Waals surface area (Å²) >= 11 is 0. The van der Waals surface area contributed by atoms with E-state index in [9.17, 15) is 9.59 Å². The molecule has 9 heteroatoms. The first-order chi connectivity index (χ1) is 23.8. The summed E-state index contributed by atoms with van der Waals surface area (Å²) in [5.74, 6) is -0.113. The summed E-state index contributed by atoms with van der Waals surface area (Å²) in [6.45, 7) is 4.82. The van der Waals surface area contributed by atoms with E-state index in [0.29, 0.717) is 19.1 Å². The Kier molecular flexibility index (Phi) is 14.7. The quantitative estimate of drug-likeness (QED) is 0.0511. The molecule has 0 aliphatic carbocycles. The second-order valence-corrected chi connectivity index (χ2v) is 15.8. The van der Waals surface area contributed by atoms with Crippen LogP contribution in [0.1, 0.15) is 174 Å². The highest BCUT2D eigenvalue weighted by molar-refractivity contribution is 5.82. The molecule has 0 aromatic carbocycles. The van der Waals surface area contributed by atoms with Crippen molar-refractivity contribution in [3.63, 3.8) is 0 Å². The smallest absolute Gasteiger partial charge is 0.350 e. The zero-order chi connectivity index (χ0) is 34.5. The Morgan fingerprint density at radius 1 is 0.878 bits per heavy atom. The number of guanidine groups is 1. The van der Waals surface area contributed by atoms with Gasteiger partial charge in [-0.2, -0.15) is 0 Å². The number of carbonyl (C=O) groups excluding carboxylic acids is 1. The Morgan fingerprint density at radius 3 is 2.16 bits per heavy atom. The summed E-state index contributed by atoms with van der Waals surface area (Å²) in [5, 5.41) is 16.4. The average Bonchev–Trinajstić information content (AvgIpc) is 3.37. The number of carbonyl (C=O) groups is 2. The average molecular weight is 687 g/mol. The Hall–Kier alpha value is -2.13. The molecule has 49 heavy (non-hydrogen) atoms. The molecule has 0 aromatic heterocycles. The van der Waals surface area contributed by atoms with Crippen LogP contribution in [0, 0.1) is 5.92 Å². The van der Waals surface area contributed by atoms with Gasteiger partial charge >= 0.3 is 17.9 Å². The summed E-state index contributed by atoms with van der Waals surface area (Å²) in [6.07, 6.45) is 31.7. The summed E-state index contributed by atoms with van der Waals surface area (Å²) in [6, 6.07) is 0.413. The van der Waals surface area contributed by atoms with Gasteiger partial charge in [0.15, 0.2) is 11.6 Å². The van der Waals surface area contributed by atoms with Gasteiger partial charge in [0.25, 0.3) is 0 Å². The molecule has 5 heterocycles. The van der Waals surface area contributed by atoms with Gasteiger partial charge in [-0.1, -0.05) is 103 Å². The third-order valence-electron chi connectivity index (χ3n) is 11.9. The fourth-order valence-electron chi connectivity index (χ4n) is 9.34. The van der Waals surface area contributed by atoms with Gasteiger partial charge in [0.2, 0.25) is 5.72 Å². The number of esters is 1. The van der Waals surface area contributed by atoms with E-state index >= 15 is 0 Å². The van der Waals surface area contributed by atoms with Gasteiger partial charge in [0, 0.05) is 25.7 Å². The largest absolute Gasteiger partial charge is 0.481 e. The van der Waals surface area contributed by atoms with Crippen LogP contribution in [0.5, 0.6) is 0 Å². The van der Waals surface area contributed by atoms with Crippen LogP contribution in [-0.4, -0.2) is 69.9 Å². The molecular weight excluding hydrogens is 618 g/mol. The number of nitrogens with zero attached hydrogens (tertiary/aromatic N) is 1. The number of nitrogens with one attached hydrogen (secondary N) is 2. The highest BCUT2D eigenvalue weighted by atomic mass is 16.6. The Balaban J connectivity index is 1.01. The molecule has 2 saturated heterocycles. The minimum Gasteiger partial charge on any atom is -0.481 e. The maximum Gasteiger partial charge on any atom is 0.350 e. The fourth-order valence-corrected chi connectivity index (χ4v) is 9.34. The number of unbranched alkanes of at least 4 members (excludes halogenated alkanes) is 14. The molecule has 0 bridgehead atoms. The van der Waals surface area contributed by atoms with Crippen LogP contribution >= 0.6 is 0 Å². The van der Waals surface area contributed by atoms with E-state index in [-0.39, 0.29) is 30.1 Å². The summed E-state index contributed by atoms with van der Waals surface area (Å²) in [7, 11) is 0. The third kappa shape index (κ3) is 10.5. The number of rotatable bonds is 20. The standard InChI is InChI=1S/C40H67N3O6/c1-3-33-23-18-19-27-39(49-33)30-32-25-26-34-36(40(28-21-22-31(2)48-40)42-38(41-39)43(32)34)37(46)47-29-20-16-14-12-10-8-6-4-5-7-9-11-13-15-17-24-35(44)45/h18,23,31-34,36H,3-17,19-22,24-30H2,1-2H3,(H2,41,42,44,45)/p+1/t31-,32+,33+,34-,36-,39+,40-/m1/s1. The number of ether oxygens (including phenoxy) is 3. The van der Waals surface area contributed by atoms with Crippen LogP contribution in [0.15, 0.2) is 12.2 Å². The summed E-state index contributed by atoms with van der Waals surface area (Å²) in [5.41, 5.74) is -1.15. The topological polar surface area (TPSA) is 109 Å². The number of carboxylic acids is 1. The molecule has 3 N–H and O–H groups in total. The molecular formula is C40H68N3O6+. The van der Waals surface area contributed by atoms with Gasteiger partial charge in [-0.3, -0.25) is 14.2 Å². The third-order valence-corrected chi connectivity index (χ3v) is 11.9. The molecule has 278 valence electrons. The molecule has 0 radical (unpaired) electrons. The number of allylic oxidation sites excluding steroid dienone is 1. The highest BCUT2D eigenvalue weighted by Crippen LogP contribution is 2.45. The first-order valence-corrected chi connectivity index (χ1v) is 20.5. The van der Waals surface area contributed by atoms with E-state index in [0.717, 1.165) is 89.4 Å². The van der Waals surface area contributed by atoms with E-state index in [4.69, 9.17) is 19.3 Å². The molecule has 0 unspecified atom stereocenters. The Morgan fingerprint density at radius 2 is 1.53 bits per heavy atom. The molecule has 7 atom stereocenters. The number of carboxylic acid groups (broad SMARTS) is 1. The number of aliphatic carboxylic acids is 1. The van der Waals surface area contributed by atoms with E-state index in [1.165, 1.54) is 70.6 Å². The SMILES string of the molecule is CC[C@H]1C=CCC[C@@]2(C[C@@H]3CC[C@@H]4[C@H](C(=O)OCCCCCCCCCCCCCCCCCC(=O)O)[C@]5(CCC[C@@H](C)O5)NC(=[N+]34)N2)O1. The fraction of sp³-hybridized carbons (Fsp3) is 0.875. The molecule has 0 amide bonds. The number of hydrogen-bond donors (Lipinski definition) is 3. The summed E-state index contributed by atoms with van der Waals surface area (Å²) < 4.78 is 22.1. The second-order valence-electron chi connectivity index (χ2n) is 15.8. The zero-order valence-electron chi connectivity index (χ0n) is 30.9. The van der Waals surface area contributed by atoms with Crippen LogP contribution in [-0.2, 0) is 23.8 Å². The van der Waals surface area contributed by atoms with Crippen molar-refractivity contribution in [2.45, 2.75) is 210 Å². The van der Waals surface area contributed by atoms with Gasteiger partial charge in [-0.05, 0) is 58.3 Å². The van der Waals surface area contributed by atoms with Crippen LogP contribution < -0.4 is 10.6 Å². The van der Waals surface area contributed by atoms with Crippen molar-refractivity contribution in [2.75, 3.05) is 6.61 Å². The minimum atomic E-state index is -0.748. The molecule has 0 aromatic rings. The van der Waals surface area contributed by atoms with Crippen LogP contribution in [0.2, 0.25) is 0 Å². The normalized spacial score (nSPS) is 32.1. The molecule has 9 nitrogen and oxygen atoms in total. The van der Waals surface area contributed by atoms with Gasteiger partial charge < -0.3 is 19.3 Å². The first-order valence-electron chi connectivity index (χ1n) is 20.5. The van der Waals surface area contributed by atoms with Gasteiger partial charge in [-0.25, -0.2) is 10.6 Å². The van der Waals surface area contributed by atoms with Crippen molar-refractivity contribution in [1.29, 1.82) is 0 Å². The lowest BCUT2D eigenvalue weighted by Gasteiger charge is -2.50. The Labute approximate surface area is 296 Å². The Bertz CT molecular complexity index is 1130. The maximum absolute atomic E-state index is 14.0. The van der Waals surface area contributed by atoms with Crippen LogP contribution in [0.25, 0.3) is 0 Å². The molecule has 5 aliphatic rings. The van der Waals surface area contributed by atoms with E-state index in [1.54, 1.807) is 0 Å². The summed E-state index contributed by atoms with van der Waals surface area (Å²) in [4.78, 5) is 24.6. The van der Waals surface area contributed by atoms with Crippen LogP contribution in [0.4, 0.5) is 0 Å². The van der Waals surface area contributed by atoms with Crippen molar-refractivity contribution in [3.8, 4) is 0 Å². The lowest BCUT2D eigenvalue weighted by Crippen LogP contribution is -2.76. The van der Waals surface area contributed by atoms with Crippen molar-refractivity contribution in [2.24, 2.45) is 5.92 Å². The molecule has 2 fully saturated rings. The van der Waals surface area contributed by atoms with Gasteiger partial charge in [0.05, 0.1) is 30.9 Å². The molecule has 5 aliphatic heterocycles. The molecule has 5 rings (SSSR count). The predicted octanol–water partition coefficient (Wildman–Crippen LogP) is 8.09. The maximum atomic E-state index is 14.0. The van der Waals surface area contributed by atoms with Crippen molar-refractivity contribution in [3.05, 3.63) is 12.2 Å². The minimum absolute atomic E-state index is 0.0743. The second kappa shape index (κ2) is 18.9. The monoisotopic (exact) mass is 687 g/mol. The van der Waals surface area contributed by atoms with Crippen molar-refractivity contribution >= 4 is 17.9 Å². The van der Waals surface area contributed by atoms with E-state index < -0.39 is 17.4 Å². The molecule has 0 saturated carbocycles. The van der Waals surface area contributed by atoms with Gasteiger partial charge in [0.1, 0.15) is 0 Å². The van der Waals surface area contributed by atoms with E-state index in [1.807, 2.05) is 0 Å². The lowest BCUT2D eigenvalue weighted by atomic mass is 9.80. The molecule has 2 spiro atoms. The van der Waals surface area contributed by atoms with Crippen molar-refractivity contribution in [1.82, 2.24) is 10.6 Å².